The molecule has 0 radical (unpaired) electrons. The maximum Gasteiger partial charge on any atom is 0.220 e. The molecule has 0 aliphatic rings. The molecule has 0 aliphatic carbocycles. The number of rotatable bonds is 0. The quantitative estimate of drug-likeness (QED) is 0.422. The Morgan fingerprint density at radius 2 is 1.39 bits per heavy atom. The predicted octanol–water partition coefficient (Wildman–Crippen LogP) is 4.67. The van der Waals surface area contributed by atoms with Crippen LogP contribution in [0.4, 0.5) is 5.95 Å². The highest BCUT2D eigenvalue weighted by atomic mass is 15.0. The van der Waals surface area contributed by atoms with Crippen molar-refractivity contribution in [1.29, 1.82) is 0 Å². The zero-order valence-electron chi connectivity index (χ0n) is 12.3. The molecule has 0 fully saturated rings. The van der Waals surface area contributed by atoms with Crippen molar-refractivity contribution in [1.82, 2.24) is 9.97 Å². The number of nitrogen functional groups attached to an aromatic ring is 1. The summed E-state index contributed by atoms with van der Waals surface area (Å²) in [5.41, 5.74) is 6.76. The number of anilines is 1. The van der Waals surface area contributed by atoms with Gasteiger partial charge in [-0.3, -0.25) is 0 Å². The van der Waals surface area contributed by atoms with Gasteiger partial charge in [0.15, 0.2) is 0 Å². The number of aromatic nitrogens is 2. The lowest BCUT2D eigenvalue weighted by Crippen LogP contribution is -1.95. The van der Waals surface area contributed by atoms with Gasteiger partial charge in [0, 0.05) is 22.4 Å². The first-order chi connectivity index (χ1) is 11.3. The van der Waals surface area contributed by atoms with Crippen LogP contribution in [-0.2, 0) is 0 Å². The van der Waals surface area contributed by atoms with Crippen molar-refractivity contribution in [3.05, 3.63) is 66.9 Å². The van der Waals surface area contributed by atoms with Crippen LogP contribution in [-0.4, -0.2) is 9.97 Å². The lowest BCUT2D eigenvalue weighted by atomic mass is 9.94. The number of hydrogen-bond donors (Lipinski definition) is 1. The van der Waals surface area contributed by atoms with Crippen LogP contribution in [0, 0.1) is 0 Å². The number of hydrogen-bond acceptors (Lipinski definition) is 3. The Kier molecular flexibility index (Phi) is 2.36. The fourth-order valence-electron chi connectivity index (χ4n) is 3.49. The molecule has 0 spiro atoms. The van der Waals surface area contributed by atoms with Gasteiger partial charge in [-0.15, -0.1) is 0 Å². The molecule has 0 unspecified atom stereocenters. The van der Waals surface area contributed by atoms with Crippen molar-refractivity contribution in [2.75, 3.05) is 5.73 Å². The van der Waals surface area contributed by atoms with Crippen LogP contribution in [0.25, 0.3) is 43.2 Å². The second kappa shape index (κ2) is 4.40. The van der Waals surface area contributed by atoms with Gasteiger partial charge in [-0.25, -0.2) is 9.97 Å². The van der Waals surface area contributed by atoms with E-state index in [9.17, 15) is 0 Å². The molecule has 0 saturated carbocycles. The average molecular weight is 295 g/mol. The third-order valence-corrected chi connectivity index (χ3v) is 4.48. The van der Waals surface area contributed by atoms with E-state index in [2.05, 4.69) is 64.6 Å². The Bertz CT molecular complexity index is 1230. The minimum atomic E-state index is 0.308. The van der Waals surface area contributed by atoms with Gasteiger partial charge in [0.25, 0.3) is 0 Å². The first-order valence-electron chi connectivity index (χ1n) is 7.57. The monoisotopic (exact) mass is 295 g/mol. The maximum absolute atomic E-state index is 5.85. The Hall–Kier alpha value is -3.20. The number of fused-ring (bicyclic) bond motifs is 8. The van der Waals surface area contributed by atoms with Crippen LogP contribution in [0.15, 0.2) is 66.9 Å². The molecule has 23 heavy (non-hydrogen) atoms. The molecule has 5 aromatic rings. The molecule has 4 aromatic carbocycles. The third kappa shape index (κ3) is 1.64. The van der Waals surface area contributed by atoms with Crippen LogP contribution in [0.2, 0.25) is 0 Å². The summed E-state index contributed by atoms with van der Waals surface area (Å²) < 4.78 is 0. The molecule has 0 amide bonds. The van der Waals surface area contributed by atoms with Crippen LogP contribution >= 0.6 is 0 Å². The first kappa shape index (κ1) is 12.4. The SMILES string of the molecule is Nc1ncc2c(n1)c1ccccc1c1ccc3ccccc3c12. The number of nitrogens with zero attached hydrogens (tertiary/aromatic N) is 2. The van der Waals surface area contributed by atoms with Crippen LogP contribution < -0.4 is 5.73 Å². The predicted molar refractivity (Wildman–Crippen MR) is 96.5 cm³/mol. The molecule has 0 saturated heterocycles. The second-order valence-corrected chi connectivity index (χ2v) is 5.75. The lowest BCUT2D eigenvalue weighted by molar-refractivity contribution is 1.25. The molecule has 5 rings (SSSR count). The molecule has 0 atom stereocenters. The Morgan fingerprint density at radius 1 is 0.652 bits per heavy atom. The van der Waals surface area contributed by atoms with E-state index in [0.29, 0.717) is 5.95 Å². The van der Waals surface area contributed by atoms with Gasteiger partial charge in [-0.2, -0.15) is 0 Å². The fourth-order valence-corrected chi connectivity index (χ4v) is 3.49. The molecule has 0 aliphatic heterocycles. The van der Waals surface area contributed by atoms with Gasteiger partial charge in [0.2, 0.25) is 5.95 Å². The molecule has 1 aromatic heterocycles. The van der Waals surface area contributed by atoms with Crippen LogP contribution in [0.1, 0.15) is 0 Å². The Balaban J connectivity index is 2.22. The summed E-state index contributed by atoms with van der Waals surface area (Å²) in [5.74, 6) is 0.308. The van der Waals surface area contributed by atoms with Crippen LogP contribution in [0.5, 0.6) is 0 Å². The van der Waals surface area contributed by atoms with Crippen molar-refractivity contribution >= 4 is 49.2 Å². The van der Waals surface area contributed by atoms with E-state index in [0.717, 1.165) is 16.3 Å². The Labute approximate surface area is 132 Å². The molecule has 1 heterocycles. The van der Waals surface area contributed by atoms with Crippen molar-refractivity contribution in [2.24, 2.45) is 0 Å². The molecule has 2 N–H and O–H groups in total. The summed E-state index contributed by atoms with van der Waals surface area (Å²) >= 11 is 0. The van der Waals surface area contributed by atoms with Gasteiger partial charge in [-0.05, 0) is 21.5 Å². The second-order valence-electron chi connectivity index (χ2n) is 5.75. The van der Waals surface area contributed by atoms with Gasteiger partial charge in [0.05, 0.1) is 5.52 Å². The van der Waals surface area contributed by atoms with E-state index in [1.807, 2.05) is 12.3 Å². The summed E-state index contributed by atoms with van der Waals surface area (Å²) in [7, 11) is 0. The summed E-state index contributed by atoms with van der Waals surface area (Å²) in [6.45, 7) is 0. The molecular formula is C20H13N3. The molecule has 3 heteroatoms. The smallest absolute Gasteiger partial charge is 0.220 e. The molecular weight excluding hydrogens is 282 g/mol. The van der Waals surface area contributed by atoms with Gasteiger partial charge >= 0.3 is 0 Å². The number of nitrogens with two attached hydrogens (primary N) is 1. The zero-order chi connectivity index (χ0) is 15.4. The van der Waals surface area contributed by atoms with Gasteiger partial charge < -0.3 is 5.73 Å². The summed E-state index contributed by atoms with van der Waals surface area (Å²) in [4.78, 5) is 8.77. The molecule has 0 bridgehead atoms. The van der Waals surface area contributed by atoms with Gasteiger partial charge in [-0.1, -0.05) is 60.7 Å². The highest BCUT2D eigenvalue weighted by Gasteiger charge is 2.12. The molecule has 108 valence electrons. The van der Waals surface area contributed by atoms with E-state index >= 15 is 0 Å². The Morgan fingerprint density at radius 3 is 2.26 bits per heavy atom. The minimum Gasteiger partial charge on any atom is -0.368 e. The van der Waals surface area contributed by atoms with E-state index < -0.39 is 0 Å². The van der Waals surface area contributed by atoms with Crippen molar-refractivity contribution in [2.45, 2.75) is 0 Å². The minimum absolute atomic E-state index is 0.308. The van der Waals surface area contributed by atoms with Crippen molar-refractivity contribution in [3.63, 3.8) is 0 Å². The highest BCUT2D eigenvalue weighted by Crippen LogP contribution is 2.37. The number of benzene rings is 4. The largest absolute Gasteiger partial charge is 0.368 e. The van der Waals surface area contributed by atoms with E-state index in [1.54, 1.807) is 0 Å². The summed E-state index contributed by atoms with van der Waals surface area (Å²) in [6, 6.07) is 21.1. The van der Waals surface area contributed by atoms with Crippen LogP contribution in [0.3, 0.4) is 0 Å². The van der Waals surface area contributed by atoms with E-state index in [1.165, 1.54) is 26.9 Å². The summed E-state index contributed by atoms with van der Waals surface area (Å²) in [5, 5.41) is 8.20. The van der Waals surface area contributed by atoms with E-state index in [4.69, 9.17) is 5.73 Å². The first-order valence-corrected chi connectivity index (χ1v) is 7.57. The summed E-state index contributed by atoms with van der Waals surface area (Å²) in [6.07, 6.45) is 1.85. The van der Waals surface area contributed by atoms with Gasteiger partial charge in [0.1, 0.15) is 0 Å². The maximum atomic E-state index is 5.85. The molecule has 3 nitrogen and oxygen atoms in total. The fraction of sp³-hybridized carbons (Fsp3) is 0. The lowest BCUT2D eigenvalue weighted by Gasteiger charge is -2.12. The van der Waals surface area contributed by atoms with Crippen molar-refractivity contribution in [3.8, 4) is 0 Å². The standard InChI is InChI=1S/C20H13N3/c21-20-22-11-17-18-13-6-2-1-5-12(13)9-10-15(18)14-7-3-4-8-16(14)19(17)23-20/h1-11H,(H2,21,22,23). The zero-order valence-corrected chi connectivity index (χ0v) is 12.3. The highest BCUT2D eigenvalue weighted by molar-refractivity contribution is 6.30. The van der Waals surface area contributed by atoms with E-state index in [-0.39, 0.29) is 0 Å². The van der Waals surface area contributed by atoms with Crippen molar-refractivity contribution < 1.29 is 0 Å². The topological polar surface area (TPSA) is 51.8 Å². The average Bonchev–Trinajstić information content (AvgIpc) is 2.61. The normalized spacial score (nSPS) is 11.7. The third-order valence-electron chi connectivity index (χ3n) is 4.48.